The van der Waals surface area contributed by atoms with Crippen LogP contribution >= 0.6 is 11.3 Å². The van der Waals surface area contributed by atoms with Gasteiger partial charge in [0.15, 0.2) is 0 Å². The van der Waals surface area contributed by atoms with Gasteiger partial charge in [-0.15, -0.1) is 11.3 Å². The van der Waals surface area contributed by atoms with Crippen molar-refractivity contribution in [2.24, 2.45) is 0 Å². The number of hydrogen-bond donors (Lipinski definition) is 1. The molecule has 1 aliphatic carbocycles. The van der Waals surface area contributed by atoms with Crippen LogP contribution in [0.2, 0.25) is 0 Å². The molecule has 0 bridgehead atoms. The molecular formula is C20H23N3OS. The molecule has 0 aliphatic heterocycles. The zero-order chi connectivity index (χ0) is 17.6. The largest absolute Gasteiger partial charge is 0.361 e. The Kier molecular flexibility index (Phi) is 4.12. The molecule has 1 N–H and O–H groups in total. The summed E-state index contributed by atoms with van der Waals surface area (Å²) in [5.74, 6) is 0.495. The van der Waals surface area contributed by atoms with E-state index < -0.39 is 0 Å². The molecule has 0 saturated heterocycles. The van der Waals surface area contributed by atoms with Crippen LogP contribution in [0.15, 0.2) is 30.5 Å². The molecule has 0 radical (unpaired) electrons. The van der Waals surface area contributed by atoms with E-state index in [0.29, 0.717) is 18.5 Å². The lowest BCUT2D eigenvalue weighted by Crippen LogP contribution is -2.32. The molecule has 1 amide bonds. The number of benzene rings is 1. The lowest BCUT2D eigenvalue weighted by molar-refractivity contribution is 0.0734. The van der Waals surface area contributed by atoms with Gasteiger partial charge in [0.2, 0.25) is 0 Å². The second-order valence-electron chi connectivity index (χ2n) is 7.18. The van der Waals surface area contributed by atoms with Crippen LogP contribution in [0.3, 0.4) is 0 Å². The Morgan fingerprint density at radius 1 is 1.36 bits per heavy atom. The molecular weight excluding hydrogens is 330 g/mol. The van der Waals surface area contributed by atoms with E-state index >= 15 is 0 Å². The number of fused-ring (bicyclic) bond motifs is 1. The molecule has 25 heavy (non-hydrogen) atoms. The number of aromatic amines is 1. The summed E-state index contributed by atoms with van der Waals surface area (Å²) in [6.07, 6.45) is 4.16. The highest BCUT2D eigenvalue weighted by Crippen LogP contribution is 2.33. The number of aryl methyl sites for hydroxylation is 1. The van der Waals surface area contributed by atoms with Crippen LogP contribution in [0, 0.1) is 6.92 Å². The third-order valence-corrected chi connectivity index (χ3v) is 6.17. The molecule has 3 aromatic rings. The maximum Gasteiger partial charge on any atom is 0.266 e. The van der Waals surface area contributed by atoms with Crippen molar-refractivity contribution >= 4 is 28.1 Å². The Morgan fingerprint density at radius 3 is 2.84 bits per heavy atom. The minimum absolute atomic E-state index is 0.138. The summed E-state index contributed by atoms with van der Waals surface area (Å²) in [5, 5.41) is 2.24. The topological polar surface area (TPSA) is 49.0 Å². The number of thiazole rings is 1. The number of nitrogens with one attached hydrogen (secondary N) is 1. The molecule has 130 valence electrons. The van der Waals surface area contributed by atoms with Gasteiger partial charge in [0, 0.05) is 30.2 Å². The highest BCUT2D eigenvalue weighted by molar-refractivity contribution is 7.13. The van der Waals surface area contributed by atoms with Crippen molar-refractivity contribution in [3.05, 3.63) is 51.6 Å². The van der Waals surface area contributed by atoms with E-state index in [-0.39, 0.29) is 5.91 Å². The van der Waals surface area contributed by atoms with Crippen molar-refractivity contribution in [2.45, 2.75) is 52.1 Å². The summed E-state index contributed by atoms with van der Waals surface area (Å²) in [5.41, 5.74) is 3.18. The van der Waals surface area contributed by atoms with E-state index in [0.717, 1.165) is 33.9 Å². The van der Waals surface area contributed by atoms with E-state index in [1.54, 1.807) is 11.3 Å². The summed E-state index contributed by atoms with van der Waals surface area (Å²) in [6.45, 7) is 6.86. The number of carbonyl (C=O) groups excluding carboxylic acids is 1. The molecule has 4 nitrogen and oxygen atoms in total. The first kappa shape index (κ1) is 16.3. The molecule has 1 aromatic carbocycles. The molecule has 4 rings (SSSR count). The molecule has 2 heterocycles. The fraction of sp³-hybridized carbons (Fsp3) is 0.400. The predicted octanol–water partition coefficient (Wildman–Crippen LogP) is 4.86. The minimum atomic E-state index is 0.138. The second kappa shape index (κ2) is 6.30. The minimum Gasteiger partial charge on any atom is -0.361 e. The van der Waals surface area contributed by atoms with Gasteiger partial charge in [0.05, 0.1) is 10.7 Å². The van der Waals surface area contributed by atoms with Gasteiger partial charge >= 0.3 is 0 Å². The maximum atomic E-state index is 13.2. The summed E-state index contributed by atoms with van der Waals surface area (Å²) < 4.78 is 0. The van der Waals surface area contributed by atoms with Crippen molar-refractivity contribution in [2.75, 3.05) is 0 Å². The Morgan fingerprint density at radius 2 is 2.16 bits per heavy atom. The smallest absolute Gasteiger partial charge is 0.266 e. The van der Waals surface area contributed by atoms with Gasteiger partial charge in [0.25, 0.3) is 5.91 Å². The van der Waals surface area contributed by atoms with Gasteiger partial charge in [-0.05, 0) is 48.9 Å². The third kappa shape index (κ3) is 3.21. The van der Waals surface area contributed by atoms with Crippen LogP contribution in [0.25, 0.3) is 10.9 Å². The molecule has 5 heteroatoms. The Bertz CT molecular complexity index is 920. The van der Waals surface area contributed by atoms with E-state index in [9.17, 15) is 4.79 Å². The fourth-order valence-corrected chi connectivity index (χ4v) is 4.17. The molecule has 2 aromatic heterocycles. The van der Waals surface area contributed by atoms with Crippen molar-refractivity contribution in [3.63, 3.8) is 0 Å². The highest BCUT2D eigenvalue weighted by Gasteiger charge is 2.34. The average molecular weight is 353 g/mol. The predicted molar refractivity (Wildman–Crippen MR) is 102 cm³/mol. The van der Waals surface area contributed by atoms with Gasteiger partial charge < -0.3 is 9.88 Å². The van der Waals surface area contributed by atoms with Crippen LogP contribution in [-0.2, 0) is 6.54 Å². The first-order valence-electron chi connectivity index (χ1n) is 8.87. The van der Waals surface area contributed by atoms with E-state index in [2.05, 4.69) is 48.1 Å². The van der Waals surface area contributed by atoms with Crippen LogP contribution in [-0.4, -0.2) is 26.8 Å². The van der Waals surface area contributed by atoms with E-state index in [1.807, 2.05) is 18.0 Å². The average Bonchev–Trinajstić information content (AvgIpc) is 3.18. The molecule has 1 saturated carbocycles. The SMILES string of the molecule is Cc1nc(C(C)C)sc1C(=O)N(Cc1ccc2[nH]ccc2c1)C1CC1. The Labute approximate surface area is 151 Å². The van der Waals surface area contributed by atoms with Crippen molar-refractivity contribution in [1.82, 2.24) is 14.9 Å². The quantitative estimate of drug-likeness (QED) is 0.712. The third-order valence-electron chi connectivity index (χ3n) is 4.72. The lowest BCUT2D eigenvalue weighted by Gasteiger charge is -2.22. The van der Waals surface area contributed by atoms with Crippen LogP contribution in [0.5, 0.6) is 0 Å². The number of hydrogen-bond acceptors (Lipinski definition) is 3. The van der Waals surface area contributed by atoms with Gasteiger partial charge in [-0.1, -0.05) is 19.9 Å². The summed E-state index contributed by atoms with van der Waals surface area (Å²) >= 11 is 1.56. The van der Waals surface area contributed by atoms with Gasteiger partial charge in [-0.3, -0.25) is 4.79 Å². The van der Waals surface area contributed by atoms with Crippen molar-refractivity contribution in [3.8, 4) is 0 Å². The van der Waals surface area contributed by atoms with Crippen molar-refractivity contribution in [1.29, 1.82) is 0 Å². The van der Waals surface area contributed by atoms with Gasteiger partial charge in [-0.2, -0.15) is 0 Å². The summed E-state index contributed by atoms with van der Waals surface area (Å²) in [6, 6.07) is 8.83. The lowest BCUT2D eigenvalue weighted by atomic mass is 10.1. The van der Waals surface area contributed by atoms with Crippen LogP contribution < -0.4 is 0 Å². The standard InChI is InChI=1S/C20H23N3OS/c1-12(2)19-22-13(3)18(25-19)20(24)23(16-5-6-16)11-14-4-7-17-15(10-14)8-9-21-17/h4,7-10,12,16,21H,5-6,11H2,1-3H3. The normalized spacial score (nSPS) is 14.4. The number of carbonyl (C=O) groups is 1. The zero-order valence-electron chi connectivity index (χ0n) is 14.9. The fourth-order valence-electron chi connectivity index (χ4n) is 3.14. The first-order chi connectivity index (χ1) is 12.0. The maximum absolute atomic E-state index is 13.2. The second-order valence-corrected chi connectivity index (χ2v) is 8.22. The number of H-pyrrole nitrogens is 1. The highest BCUT2D eigenvalue weighted by atomic mass is 32.1. The van der Waals surface area contributed by atoms with E-state index in [4.69, 9.17) is 0 Å². The summed E-state index contributed by atoms with van der Waals surface area (Å²) in [7, 11) is 0. The Balaban J connectivity index is 1.61. The summed E-state index contributed by atoms with van der Waals surface area (Å²) in [4.78, 5) is 23.9. The molecule has 0 atom stereocenters. The first-order valence-corrected chi connectivity index (χ1v) is 9.69. The van der Waals surface area contributed by atoms with Crippen LogP contribution in [0.1, 0.15) is 58.5 Å². The van der Waals surface area contributed by atoms with Gasteiger partial charge in [-0.25, -0.2) is 4.98 Å². The zero-order valence-corrected chi connectivity index (χ0v) is 15.7. The number of amides is 1. The Hall–Kier alpha value is -2.14. The molecule has 1 aliphatic rings. The number of rotatable bonds is 5. The van der Waals surface area contributed by atoms with Crippen LogP contribution in [0.4, 0.5) is 0 Å². The number of aromatic nitrogens is 2. The van der Waals surface area contributed by atoms with E-state index in [1.165, 1.54) is 10.9 Å². The molecule has 1 fully saturated rings. The monoisotopic (exact) mass is 353 g/mol. The molecule has 0 unspecified atom stereocenters. The van der Waals surface area contributed by atoms with Crippen molar-refractivity contribution < 1.29 is 4.79 Å². The van der Waals surface area contributed by atoms with Gasteiger partial charge in [0.1, 0.15) is 4.88 Å². The number of nitrogens with zero attached hydrogens (tertiary/aromatic N) is 2. The molecule has 0 spiro atoms.